The van der Waals surface area contributed by atoms with E-state index >= 15 is 0 Å². The molecule has 0 aromatic rings. The quantitative estimate of drug-likeness (QED) is 0.487. The average Bonchev–Trinajstić information content (AvgIpc) is 2.03. The molecule has 0 amide bonds. The predicted octanol–water partition coefficient (Wildman–Crippen LogP) is 2.70. The fraction of sp³-hybridized carbons (Fsp3) is 0.909. The lowest BCUT2D eigenvalue weighted by molar-refractivity contribution is -0.0257. The van der Waals surface area contributed by atoms with Crippen molar-refractivity contribution in [3.05, 3.63) is 0 Å². The molecule has 0 aliphatic carbocycles. The van der Waals surface area contributed by atoms with Crippen molar-refractivity contribution in [3.8, 4) is 0 Å². The molecular formula is C11H21NO2. The van der Waals surface area contributed by atoms with Crippen molar-refractivity contribution in [2.45, 2.75) is 58.6 Å². The van der Waals surface area contributed by atoms with E-state index in [-0.39, 0.29) is 11.1 Å². The number of isocyanates is 1. The third-order valence-electron chi connectivity index (χ3n) is 2.41. The summed E-state index contributed by atoms with van der Waals surface area (Å²) in [5, 5.41) is 0. The maximum atomic E-state index is 10.1. The lowest BCUT2D eigenvalue weighted by Crippen LogP contribution is -2.27. The lowest BCUT2D eigenvalue weighted by Gasteiger charge is -2.25. The minimum atomic E-state index is -0.356. The highest BCUT2D eigenvalue weighted by atomic mass is 16.5. The number of hydrogen-bond acceptors (Lipinski definition) is 3. The number of nitrogens with zero attached hydrogens (tertiary/aromatic N) is 1. The van der Waals surface area contributed by atoms with Crippen LogP contribution in [0.3, 0.4) is 0 Å². The first-order valence-corrected chi connectivity index (χ1v) is 5.06. The molecule has 3 heteroatoms. The molecule has 0 rings (SSSR count). The lowest BCUT2D eigenvalue weighted by atomic mass is 10.0. The first-order chi connectivity index (χ1) is 6.33. The highest BCUT2D eigenvalue weighted by Crippen LogP contribution is 2.18. The molecular weight excluding hydrogens is 178 g/mol. The van der Waals surface area contributed by atoms with Crippen molar-refractivity contribution < 1.29 is 9.53 Å². The van der Waals surface area contributed by atoms with Crippen LogP contribution in [0.5, 0.6) is 0 Å². The first-order valence-electron chi connectivity index (χ1n) is 5.06. The van der Waals surface area contributed by atoms with Crippen LogP contribution in [0.1, 0.15) is 47.5 Å². The Labute approximate surface area is 86.6 Å². The summed E-state index contributed by atoms with van der Waals surface area (Å²) in [4.78, 5) is 13.8. The van der Waals surface area contributed by atoms with E-state index in [0.717, 1.165) is 12.8 Å². The van der Waals surface area contributed by atoms with Gasteiger partial charge in [0.15, 0.2) is 0 Å². The van der Waals surface area contributed by atoms with Crippen LogP contribution in [0, 0.1) is 0 Å². The maximum absolute atomic E-state index is 10.1. The Morgan fingerprint density at radius 3 is 2.29 bits per heavy atom. The van der Waals surface area contributed by atoms with Gasteiger partial charge in [-0.25, -0.2) is 4.79 Å². The zero-order chi connectivity index (χ0) is 11.2. The summed E-state index contributed by atoms with van der Waals surface area (Å²) in [5.41, 5.74) is -0.438. The number of carbonyl (C=O) groups excluding carboxylic acids is 1. The minimum Gasteiger partial charge on any atom is -0.375 e. The summed E-state index contributed by atoms with van der Waals surface area (Å²) < 4.78 is 5.67. The zero-order valence-electron chi connectivity index (χ0n) is 9.89. The van der Waals surface area contributed by atoms with Crippen molar-refractivity contribution >= 4 is 6.08 Å². The second-order valence-electron chi connectivity index (χ2n) is 4.73. The van der Waals surface area contributed by atoms with Crippen LogP contribution in [0.25, 0.3) is 0 Å². The van der Waals surface area contributed by atoms with Gasteiger partial charge in [-0.2, -0.15) is 4.99 Å². The molecule has 14 heavy (non-hydrogen) atoms. The van der Waals surface area contributed by atoms with Gasteiger partial charge in [0, 0.05) is 6.61 Å². The molecule has 0 saturated heterocycles. The van der Waals surface area contributed by atoms with Crippen molar-refractivity contribution in [3.63, 3.8) is 0 Å². The van der Waals surface area contributed by atoms with E-state index in [9.17, 15) is 4.79 Å². The van der Waals surface area contributed by atoms with Crippen LogP contribution < -0.4 is 0 Å². The van der Waals surface area contributed by atoms with Crippen LogP contribution >= 0.6 is 0 Å². The topological polar surface area (TPSA) is 38.7 Å². The Hall–Kier alpha value is -0.660. The second kappa shape index (κ2) is 5.28. The van der Waals surface area contributed by atoms with Gasteiger partial charge in [-0.15, -0.1) is 0 Å². The van der Waals surface area contributed by atoms with E-state index in [1.807, 2.05) is 13.8 Å². The van der Waals surface area contributed by atoms with E-state index in [0.29, 0.717) is 6.61 Å². The van der Waals surface area contributed by atoms with Gasteiger partial charge in [0.1, 0.15) is 0 Å². The van der Waals surface area contributed by atoms with Crippen molar-refractivity contribution in [2.24, 2.45) is 4.99 Å². The Bertz CT molecular complexity index is 215. The molecule has 0 heterocycles. The highest BCUT2D eigenvalue weighted by molar-refractivity contribution is 5.34. The van der Waals surface area contributed by atoms with E-state index in [1.54, 1.807) is 6.08 Å². The molecule has 82 valence electrons. The molecule has 0 spiro atoms. The van der Waals surface area contributed by atoms with Crippen LogP contribution in [0.2, 0.25) is 0 Å². The largest absolute Gasteiger partial charge is 0.375 e. The van der Waals surface area contributed by atoms with E-state index in [4.69, 9.17) is 4.74 Å². The van der Waals surface area contributed by atoms with Gasteiger partial charge < -0.3 is 4.74 Å². The van der Waals surface area contributed by atoms with Crippen molar-refractivity contribution in [1.82, 2.24) is 0 Å². The first kappa shape index (κ1) is 13.3. The molecule has 0 saturated carbocycles. The summed E-state index contributed by atoms with van der Waals surface area (Å²) in [6.45, 7) is 10.6. The molecule has 0 aliphatic heterocycles. The van der Waals surface area contributed by atoms with Crippen molar-refractivity contribution in [1.29, 1.82) is 0 Å². The van der Waals surface area contributed by atoms with Gasteiger partial charge in [0.25, 0.3) is 0 Å². The molecule has 0 aromatic carbocycles. The highest BCUT2D eigenvalue weighted by Gasteiger charge is 2.20. The van der Waals surface area contributed by atoms with Gasteiger partial charge in [-0.3, -0.25) is 0 Å². The van der Waals surface area contributed by atoms with Crippen LogP contribution in [0.15, 0.2) is 4.99 Å². The third kappa shape index (κ3) is 5.90. The predicted molar refractivity (Wildman–Crippen MR) is 57.1 cm³/mol. The van der Waals surface area contributed by atoms with Crippen LogP contribution in [0.4, 0.5) is 0 Å². The van der Waals surface area contributed by atoms with E-state index in [1.165, 1.54) is 0 Å². The van der Waals surface area contributed by atoms with Gasteiger partial charge >= 0.3 is 0 Å². The average molecular weight is 199 g/mol. The summed E-state index contributed by atoms with van der Waals surface area (Å²) in [6, 6.07) is 0. The second-order valence-corrected chi connectivity index (χ2v) is 4.73. The summed E-state index contributed by atoms with van der Waals surface area (Å²) >= 11 is 0. The molecule has 0 N–H and O–H groups in total. The normalized spacial score (nSPS) is 12.4. The molecule has 0 atom stereocenters. The number of ether oxygens (including phenoxy) is 1. The summed E-state index contributed by atoms with van der Waals surface area (Å²) in [7, 11) is 0. The van der Waals surface area contributed by atoms with E-state index in [2.05, 4.69) is 25.8 Å². The number of hydrogen-bond donors (Lipinski definition) is 0. The molecule has 0 aliphatic rings. The Balaban J connectivity index is 3.90. The Kier molecular flexibility index (Phi) is 5.03. The van der Waals surface area contributed by atoms with Gasteiger partial charge in [0.2, 0.25) is 6.08 Å². The zero-order valence-corrected chi connectivity index (χ0v) is 9.89. The minimum absolute atomic E-state index is 0.0824. The Morgan fingerprint density at radius 1 is 1.29 bits per heavy atom. The molecule has 0 radical (unpaired) electrons. The number of aliphatic imine (C=N–C) groups is 1. The molecule has 0 bridgehead atoms. The SMILES string of the molecule is CCC(C)(C)OCCC(C)(C)N=C=O. The molecule has 0 aromatic heterocycles. The molecule has 3 nitrogen and oxygen atoms in total. The fourth-order valence-electron chi connectivity index (χ4n) is 0.859. The van der Waals surface area contributed by atoms with Gasteiger partial charge in [0.05, 0.1) is 11.1 Å². The van der Waals surface area contributed by atoms with Crippen LogP contribution in [-0.4, -0.2) is 23.8 Å². The summed E-state index contributed by atoms with van der Waals surface area (Å²) in [5.74, 6) is 0. The molecule has 0 fully saturated rings. The fourth-order valence-corrected chi connectivity index (χ4v) is 0.859. The van der Waals surface area contributed by atoms with Crippen LogP contribution in [-0.2, 0) is 9.53 Å². The molecule has 0 unspecified atom stereocenters. The monoisotopic (exact) mass is 199 g/mol. The Morgan fingerprint density at radius 2 is 1.86 bits per heavy atom. The standard InChI is InChI=1S/C11H21NO2/c1-6-11(4,5)14-8-7-10(2,3)12-9-13/h6-8H2,1-5H3. The van der Waals surface area contributed by atoms with Gasteiger partial charge in [-0.05, 0) is 40.5 Å². The number of rotatable bonds is 6. The van der Waals surface area contributed by atoms with Gasteiger partial charge in [-0.1, -0.05) is 6.92 Å². The maximum Gasteiger partial charge on any atom is 0.235 e. The van der Waals surface area contributed by atoms with E-state index < -0.39 is 0 Å². The van der Waals surface area contributed by atoms with Crippen molar-refractivity contribution in [2.75, 3.05) is 6.61 Å². The third-order valence-corrected chi connectivity index (χ3v) is 2.41. The smallest absolute Gasteiger partial charge is 0.235 e. The summed E-state index contributed by atoms with van der Waals surface area (Å²) in [6.07, 6.45) is 3.31.